The molecule has 23 heavy (non-hydrogen) atoms. The van der Waals surface area contributed by atoms with Gasteiger partial charge in [-0.2, -0.15) is 0 Å². The quantitative estimate of drug-likeness (QED) is 0.681. The molecular formula is C18H28N4O. The van der Waals surface area contributed by atoms with Crippen LogP contribution in [0.1, 0.15) is 19.4 Å². The van der Waals surface area contributed by atoms with Crippen molar-refractivity contribution in [2.24, 2.45) is 4.99 Å². The van der Waals surface area contributed by atoms with E-state index < -0.39 is 0 Å². The van der Waals surface area contributed by atoms with Crippen molar-refractivity contribution in [3.05, 3.63) is 29.8 Å². The van der Waals surface area contributed by atoms with E-state index >= 15 is 0 Å². The Balaban J connectivity index is 1.57. The molecule has 0 aliphatic carbocycles. The normalized spacial score (nSPS) is 21.3. The summed E-state index contributed by atoms with van der Waals surface area (Å²) < 4.78 is 5.59. The fourth-order valence-electron chi connectivity index (χ4n) is 3.46. The lowest BCUT2D eigenvalue weighted by Gasteiger charge is -2.42. The molecule has 0 spiro atoms. The Hall–Kier alpha value is -1.59. The summed E-state index contributed by atoms with van der Waals surface area (Å²) in [4.78, 5) is 9.26. The maximum atomic E-state index is 5.59. The van der Waals surface area contributed by atoms with Crippen LogP contribution < -0.4 is 10.2 Å². The molecule has 3 rings (SSSR count). The van der Waals surface area contributed by atoms with Crippen LogP contribution in [0.5, 0.6) is 0 Å². The van der Waals surface area contributed by atoms with Crippen molar-refractivity contribution in [1.29, 1.82) is 0 Å². The number of fused-ring (bicyclic) bond motifs is 1. The molecule has 0 unspecified atom stereocenters. The molecule has 1 saturated heterocycles. The highest BCUT2D eigenvalue weighted by Crippen LogP contribution is 2.27. The fraction of sp³-hybridized carbons (Fsp3) is 0.611. The van der Waals surface area contributed by atoms with Crippen LogP contribution in [0.15, 0.2) is 29.3 Å². The second kappa shape index (κ2) is 6.89. The van der Waals surface area contributed by atoms with Gasteiger partial charge in [-0.3, -0.25) is 9.89 Å². The number of morpholine rings is 1. The van der Waals surface area contributed by atoms with Gasteiger partial charge in [0, 0.05) is 44.5 Å². The second-order valence-electron chi connectivity index (χ2n) is 6.86. The van der Waals surface area contributed by atoms with Crippen molar-refractivity contribution in [3.8, 4) is 0 Å². The standard InChI is InChI=1S/C18H28N4O/c1-18(2)14-23-13-12-21(18)11-9-20-17(19-3)22-10-8-15-6-4-5-7-16(15)22/h4-7H,8-14H2,1-3H3,(H,19,20). The first-order chi connectivity index (χ1) is 11.1. The summed E-state index contributed by atoms with van der Waals surface area (Å²) in [5.74, 6) is 0.973. The summed E-state index contributed by atoms with van der Waals surface area (Å²) in [7, 11) is 1.86. The SMILES string of the molecule is CN=C(NCCN1CCOCC1(C)C)N1CCc2ccccc21. The van der Waals surface area contributed by atoms with Gasteiger partial charge in [0.2, 0.25) is 0 Å². The number of anilines is 1. The van der Waals surface area contributed by atoms with Gasteiger partial charge in [0.25, 0.3) is 0 Å². The molecule has 1 aromatic rings. The smallest absolute Gasteiger partial charge is 0.198 e. The van der Waals surface area contributed by atoms with Gasteiger partial charge in [-0.15, -0.1) is 0 Å². The third kappa shape index (κ3) is 3.51. The number of nitrogens with one attached hydrogen (secondary N) is 1. The maximum absolute atomic E-state index is 5.59. The molecule has 0 amide bonds. The molecule has 2 aliphatic heterocycles. The predicted molar refractivity (Wildman–Crippen MR) is 95.3 cm³/mol. The predicted octanol–water partition coefficient (Wildman–Crippen LogP) is 1.74. The minimum atomic E-state index is 0.115. The second-order valence-corrected chi connectivity index (χ2v) is 6.86. The van der Waals surface area contributed by atoms with Crippen molar-refractivity contribution >= 4 is 11.6 Å². The number of nitrogens with zero attached hydrogens (tertiary/aromatic N) is 3. The number of rotatable bonds is 3. The number of hydrogen-bond acceptors (Lipinski definition) is 3. The Morgan fingerprint density at radius 3 is 2.91 bits per heavy atom. The van der Waals surface area contributed by atoms with Crippen molar-refractivity contribution in [2.75, 3.05) is 51.3 Å². The van der Waals surface area contributed by atoms with Gasteiger partial charge in [-0.25, -0.2) is 0 Å². The van der Waals surface area contributed by atoms with E-state index in [0.717, 1.165) is 51.8 Å². The summed E-state index contributed by atoms with van der Waals surface area (Å²) in [6.07, 6.45) is 1.09. The van der Waals surface area contributed by atoms with E-state index in [2.05, 4.69) is 58.2 Å². The molecule has 5 heteroatoms. The van der Waals surface area contributed by atoms with Crippen molar-refractivity contribution < 1.29 is 4.74 Å². The van der Waals surface area contributed by atoms with Crippen LogP contribution in [0, 0.1) is 0 Å². The molecule has 0 aromatic heterocycles. The van der Waals surface area contributed by atoms with Crippen molar-refractivity contribution in [3.63, 3.8) is 0 Å². The topological polar surface area (TPSA) is 40.1 Å². The number of ether oxygens (including phenoxy) is 1. The Bertz CT molecular complexity index is 570. The fourth-order valence-corrected chi connectivity index (χ4v) is 3.46. The van der Waals surface area contributed by atoms with Crippen molar-refractivity contribution in [2.45, 2.75) is 25.8 Å². The van der Waals surface area contributed by atoms with E-state index in [0.29, 0.717) is 0 Å². The molecule has 2 heterocycles. The molecule has 1 N–H and O–H groups in total. The highest BCUT2D eigenvalue weighted by molar-refractivity contribution is 5.97. The third-order valence-electron chi connectivity index (χ3n) is 4.84. The number of guanidine groups is 1. The van der Waals surface area contributed by atoms with Gasteiger partial charge in [-0.05, 0) is 31.9 Å². The Morgan fingerprint density at radius 1 is 1.30 bits per heavy atom. The summed E-state index contributed by atoms with van der Waals surface area (Å²) >= 11 is 0. The first-order valence-corrected chi connectivity index (χ1v) is 8.51. The Morgan fingerprint density at radius 2 is 2.13 bits per heavy atom. The summed E-state index contributed by atoms with van der Waals surface area (Å²) in [6.45, 7) is 10.0. The van der Waals surface area contributed by atoms with Gasteiger partial charge in [0.15, 0.2) is 5.96 Å². The van der Waals surface area contributed by atoms with E-state index in [1.165, 1.54) is 11.3 Å². The molecule has 0 radical (unpaired) electrons. The van der Waals surface area contributed by atoms with Crippen LogP contribution in [0.4, 0.5) is 5.69 Å². The average Bonchev–Trinajstić information content (AvgIpc) is 2.97. The molecule has 1 fully saturated rings. The van der Waals surface area contributed by atoms with Crippen LogP contribution in [0.3, 0.4) is 0 Å². The van der Waals surface area contributed by atoms with Crippen LogP contribution >= 0.6 is 0 Å². The van der Waals surface area contributed by atoms with Gasteiger partial charge < -0.3 is 15.0 Å². The first kappa shape index (κ1) is 16.3. The first-order valence-electron chi connectivity index (χ1n) is 8.51. The molecule has 5 nitrogen and oxygen atoms in total. The van der Waals surface area contributed by atoms with Crippen LogP contribution in [-0.2, 0) is 11.2 Å². The van der Waals surface area contributed by atoms with Gasteiger partial charge in [0.1, 0.15) is 0 Å². The molecule has 0 saturated carbocycles. The van der Waals surface area contributed by atoms with Crippen LogP contribution in [-0.4, -0.2) is 62.8 Å². The highest BCUT2D eigenvalue weighted by atomic mass is 16.5. The third-order valence-corrected chi connectivity index (χ3v) is 4.84. The average molecular weight is 316 g/mol. The van der Waals surface area contributed by atoms with Gasteiger partial charge in [0.05, 0.1) is 13.2 Å². The molecule has 2 aliphatic rings. The van der Waals surface area contributed by atoms with E-state index in [-0.39, 0.29) is 5.54 Å². The lowest BCUT2D eigenvalue weighted by Crippen LogP contribution is -2.55. The Labute approximate surface area is 139 Å². The monoisotopic (exact) mass is 316 g/mol. The minimum absolute atomic E-state index is 0.115. The van der Waals surface area contributed by atoms with Crippen LogP contribution in [0.2, 0.25) is 0 Å². The van der Waals surface area contributed by atoms with Crippen LogP contribution in [0.25, 0.3) is 0 Å². The summed E-state index contributed by atoms with van der Waals surface area (Å²) in [6, 6.07) is 8.60. The van der Waals surface area contributed by atoms with E-state index in [9.17, 15) is 0 Å². The maximum Gasteiger partial charge on any atom is 0.198 e. The molecule has 126 valence electrons. The summed E-state index contributed by atoms with van der Waals surface area (Å²) in [5, 5.41) is 3.53. The zero-order valence-corrected chi connectivity index (χ0v) is 14.5. The lowest BCUT2D eigenvalue weighted by molar-refractivity contribution is -0.0496. The number of hydrogen-bond donors (Lipinski definition) is 1. The van der Waals surface area contributed by atoms with E-state index in [4.69, 9.17) is 4.74 Å². The molecule has 1 aromatic carbocycles. The van der Waals surface area contributed by atoms with E-state index in [1.807, 2.05) is 7.05 Å². The minimum Gasteiger partial charge on any atom is -0.378 e. The van der Waals surface area contributed by atoms with Crippen molar-refractivity contribution in [1.82, 2.24) is 10.2 Å². The zero-order chi connectivity index (χ0) is 16.3. The molecule has 0 atom stereocenters. The molecular weight excluding hydrogens is 288 g/mol. The van der Waals surface area contributed by atoms with E-state index in [1.54, 1.807) is 0 Å². The van der Waals surface area contributed by atoms with Gasteiger partial charge in [-0.1, -0.05) is 18.2 Å². The molecule has 0 bridgehead atoms. The number of para-hydroxylation sites is 1. The summed E-state index contributed by atoms with van der Waals surface area (Å²) in [5.41, 5.74) is 2.81. The highest BCUT2D eigenvalue weighted by Gasteiger charge is 2.30. The lowest BCUT2D eigenvalue weighted by atomic mass is 10.0. The Kier molecular flexibility index (Phi) is 4.87. The number of benzene rings is 1. The zero-order valence-electron chi connectivity index (χ0n) is 14.5. The number of aliphatic imine (C=N–C) groups is 1. The largest absolute Gasteiger partial charge is 0.378 e. The van der Waals surface area contributed by atoms with Gasteiger partial charge >= 0.3 is 0 Å².